The first-order valence-corrected chi connectivity index (χ1v) is 9.59. The Balaban J connectivity index is 1.47. The van der Waals surface area contributed by atoms with Crippen LogP contribution in [0.2, 0.25) is 0 Å². The van der Waals surface area contributed by atoms with Crippen molar-refractivity contribution in [1.82, 2.24) is 30.1 Å². The molecule has 2 aromatic heterocycles. The minimum Gasteiger partial charge on any atom is -0.444 e. The first-order chi connectivity index (χ1) is 13.4. The van der Waals surface area contributed by atoms with E-state index in [1.165, 1.54) is 0 Å². The van der Waals surface area contributed by atoms with Gasteiger partial charge in [0.1, 0.15) is 11.4 Å². The molecule has 9 nitrogen and oxygen atoms in total. The minimum atomic E-state index is -0.494. The Morgan fingerprint density at radius 2 is 2.18 bits per heavy atom. The van der Waals surface area contributed by atoms with Gasteiger partial charge >= 0.3 is 6.09 Å². The van der Waals surface area contributed by atoms with Gasteiger partial charge in [0.15, 0.2) is 11.6 Å². The van der Waals surface area contributed by atoms with Crippen LogP contribution in [0.3, 0.4) is 0 Å². The monoisotopic (exact) mass is 387 g/mol. The number of guanidine groups is 1. The molecule has 0 radical (unpaired) electrons. The van der Waals surface area contributed by atoms with Crippen molar-refractivity contribution in [3.8, 4) is 0 Å². The molecule has 0 aliphatic carbocycles. The number of hydrogen-bond acceptors (Lipinski definition) is 5. The van der Waals surface area contributed by atoms with Gasteiger partial charge in [-0.05, 0) is 39.3 Å². The third kappa shape index (κ3) is 5.11. The number of carbonyl (C=O) groups excluding carboxylic acids is 1. The Morgan fingerprint density at radius 1 is 1.36 bits per heavy atom. The SMILES string of the molecule is CN=C(NCCc1nnc2ccccn12)N1CCC(NC(=O)OC(C)(C)C)C1. The van der Waals surface area contributed by atoms with Crippen molar-refractivity contribution < 1.29 is 9.53 Å². The highest BCUT2D eigenvalue weighted by Gasteiger charge is 2.27. The van der Waals surface area contributed by atoms with Crippen molar-refractivity contribution in [1.29, 1.82) is 0 Å². The number of hydrogen-bond donors (Lipinski definition) is 2. The van der Waals surface area contributed by atoms with E-state index in [-0.39, 0.29) is 12.1 Å². The fourth-order valence-electron chi connectivity index (χ4n) is 3.22. The lowest BCUT2D eigenvalue weighted by Gasteiger charge is -2.23. The highest BCUT2D eigenvalue weighted by molar-refractivity contribution is 5.80. The number of aliphatic imine (C=N–C) groups is 1. The van der Waals surface area contributed by atoms with Crippen LogP contribution in [0.5, 0.6) is 0 Å². The summed E-state index contributed by atoms with van der Waals surface area (Å²) in [6.45, 7) is 7.80. The average molecular weight is 387 g/mol. The molecular weight excluding hydrogens is 358 g/mol. The fourth-order valence-corrected chi connectivity index (χ4v) is 3.22. The van der Waals surface area contributed by atoms with Crippen LogP contribution in [0.25, 0.3) is 5.65 Å². The summed E-state index contributed by atoms with van der Waals surface area (Å²) < 4.78 is 7.32. The third-order valence-electron chi connectivity index (χ3n) is 4.44. The number of nitrogens with one attached hydrogen (secondary N) is 2. The van der Waals surface area contributed by atoms with E-state index in [2.05, 4.69) is 30.7 Å². The number of rotatable bonds is 4. The molecule has 1 aliphatic rings. The highest BCUT2D eigenvalue weighted by atomic mass is 16.6. The number of carbonyl (C=O) groups is 1. The first kappa shape index (κ1) is 19.9. The Morgan fingerprint density at radius 3 is 2.93 bits per heavy atom. The Bertz CT molecular complexity index is 840. The van der Waals surface area contributed by atoms with E-state index in [1.807, 2.05) is 49.6 Å². The second-order valence-electron chi connectivity index (χ2n) is 7.85. The van der Waals surface area contributed by atoms with Crippen molar-refractivity contribution in [2.24, 2.45) is 4.99 Å². The van der Waals surface area contributed by atoms with E-state index in [1.54, 1.807) is 7.05 Å². The first-order valence-electron chi connectivity index (χ1n) is 9.59. The van der Waals surface area contributed by atoms with Crippen molar-refractivity contribution in [3.63, 3.8) is 0 Å². The molecular formula is C19H29N7O2. The zero-order valence-corrected chi connectivity index (χ0v) is 17.0. The van der Waals surface area contributed by atoms with Crippen LogP contribution in [0.4, 0.5) is 4.79 Å². The third-order valence-corrected chi connectivity index (χ3v) is 4.44. The summed E-state index contributed by atoms with van der Waals surface area (Å²) in [5.74, 6) is 1.73. The van der Waals surface area contributed by atoms with Crippen molar-refractivity contribution in [2.75, 3.05) is 26.7 Å². The van der Waals surface area contributed by atoms with Crippen molar-refractivity contribution >= 4 is 17.7 Å². The zero-order valence-electron chi connectivity index (χ0n) is 17.0. The molecule has 9 heteroatoms. The Hall–Kier alpha value is -2.84. The lowest BCUT2D eigenvalue weighted by atomic mass is 10.2. The second kappa shape index (κ2) is 8.45. The van der Waals surface area contributed by atoms with Gasteiger partial charge in [-0.1, -0.05) is 6.07 Å². The Labute approximate surface area is 165 Å². The summed E-state index contributed by atoms with van der Waals surface area (Å²) in [6.07, 6.45) is 3.18. The maximum atomic E-state index is 12.0. The number of aromatic nitrogens is 3. The average Bonchev–Trinajstić information content (AvgIpc) is 3.24. The molecule has 0 saturated carbocycles. The van der Waals surface area contributed by atoms with Crippen LogP contribution < -0.4 is 10.6 Å². The summed E-state index contributed by atoms with van der Waals surface area (Å²) in [5.41, 5.74) is 0.351. The highest BCUT2D eigenvalue weighted by Crippen LogP contribution is 2.12. The molecule has 1 unspecified atom stereocenters. The molecule has 0 spiro atoms. The maximum absolute atomic E-state index is 12.0. The summed E-state index contributed by atoms with van der Waals surface area (Å²) in [5, 5.41) is 14.7. The van der Waals surface area contributed by atoms with Crippen molar-refractivity contribution in [2.45, 2.75) is 45.3 Å². The molecule has 1 atom stereocenters. The molecule has 1 fully saturated rings. The number of nitrogens with zero attached hydrogens (tertiary/aromatic N) is 5. The summed E-state index contributed by atoms with van der Waals surface area (Å²) in [7, 11) is 1.77. The molecule has 2 N–H and O–H groups in total. The van der Waals surface area contributed by atoms with Crippen LogP contribution in [-0.2, 0) is 11.2 Å². The lowest BCUT2D eigenvalue weighted by Crippen LogP contribution is -2.44. The van der Waals surface area contributed by atoms with Gasteiger partial charge in [-0.25, -0.2) is 4.79 Å². The van der Waals surface area contributed by atoms with Crippen LogP contribution >= 0.6 is 0 Å². The summed E-state index contributed by atoms with van der Waals surface area (Å²) in [4.78, 5) is 18.5. The van der Waals surface area contributed by atoms with E-state index >= 15 is 0 Å². The number of likely N-dealkylation sites (tertiary alicyclic amines) is 1. The molecule has 1 saturated heterocycles. The quantitative estimate of drug-likeness (QED) is 0.609. The number of ether oxygens (including phenoxy) is 1. The van der Waals surface area contributed by atoms with Crippen LogP contribution in [0.15, 0.2) is 29.4 Å². The van der Waals surface area contributed by atoms with Crippen LogP contribution in [0, 0.1) is 0 Å². The number of pyridine rings is 1. The minimum absolute atomic E-state index is 0.0499. The normalized spacial score (nSPS) is 17.8. The predicted octanol–water partition coefficient (Wildman–Crippen LogP) is 1.45. The maximum Gasteiger partial charge on any atom is 0.407 e. The predicted molar refractivity (Wildman–Crippen MR) is 107 cm³/mol. The van der Waals surface area contributed by atoms with Gasteiger partial charge in [0.05, 0.1) is 6.04 Å². The largest absolute Gasteiger partial charge is 0.444 e. The molecule has 0 aromatic carbocycles. The summed E-state index contributed by atoms with van der Waals surface area (Å²) in [6, 6.07) is 5.90. The second-order valence-corrected chi connectivity index (χ2v) is 7.85. The van der Waals surface area contributed by atoms with E-state index in [4.69, 9.17) is 4.74 Å². The van der Waals surface area contributed by atoms with E-state index < -0.39 is 5.60 Å². The van der Waals surface area contributed by atoms with Crippen LogP contribution in [-0.4, -0.2) is 69.9 Å². The number of alkyl carbamates (subject to hydrolysis) is 1. The smallest absolute Gasteiger partial charge is 0.407 e. The molecule has 3 rings (SSSR count). The molecule has 1 amide bonds. The zero-order chi connectivity index (χ0) is 20.1. The molecule has 3 heterocycles. The van der Waals surface area contributed by atoms with E-state index in [9.17, 15) is 4.79 Å². The van der Waals surface area contributed by atoms with Gasteiger partial charge in [0, 0.05) is 39.3 Å². The van der Waals surface area contributed by atoms with Crippen molar-refractivity contribution in [3.05, 3.63) is 30.2 Å². The van der Waals surface area contributed by atoms with Gasteiger partial charge < -0.3 is 20.3 Å². The Kier molecular flexibility index (Phi) is 6.01. The molecule has 152 valence electrons. The lowest BCUT2D eigenvalue weighted by molar-refractivity contribution is 0.0507. The van der Waals surface area contributed by atoms with E-state index in [0.29, 0.717) is 13.1 Å². The van der Waals surface area contributed by atoms with Gasteiger partial charge in [0.25, 0.3) is 0 Å². The van der Waals surface area contributed by atoms with E-state index in [0.717, 1.165) is 36.8 Å². The van der Waals surface area contributed by atoms with Gasteiger partial charge in [-0.2, -0.15) is 0 Å². The molecule has 28 heavy (non-hydrogen) atoms. The molecule has 0 bridgehead atoms. The van der Waals surface area contributed by atoms with Gasteiger partial charge in [0.2, 0.25) is 0 Å². The van der Waals surface area contributed by atoms with Gasteiger partial charge in [-0.3, -0.25) is 9.39 Å². The van der Waals surface area contributed by atoms with Gasteiger partial charge in [-0.15, -0.1) is 10.2 Å². The molecule has 2 aromatic rings. The fraction of sp³-hybridized carbons (Fsp3) is 0.579. The number of amides is 1. The summed E-state index contributed by atoms with van der Waals surface area (Å²) >= 11 is 0. The number of fused-ring (bicyclic) bond motifs is 1. The molecule has 1 aliphatic heterocycles. The standard InChI is InChI=1S/C19H29N7O2/c1-19(2,3)28-18(27)22-14-9-12-25(13-14)17(20-4)21-10-8-16-24-23-15-7-5-6-11-26(15)16/h5-7,11,14H,8-10,12-13H2,1-4H3,(H,20,21)(H,22,27). The topological polar surface area (TPSA) is 96.1 Å². The van der Waals surface area contributed by atoms with Crippen LogP contribution in [0.1, 0.15) is 33.0 Å².